The Bertz CT molecular complexity index is 365. The SMILES string of the molecule is CCC(=O)Nc1nc(C(C)(C)C)c(N)s1. The van der Waals surface area contributed by atoms with Crippen molar-refractivity contribution in [2.24, 2.45) is 0 Å². The number of carbonyl (C=O) groups is 1. The zero-order chi connectivity index (χ0) is 11.6. The monoisotopic (exact) mass is 227 g/mol. The fraction of sp³-hybridized carbons (Fsp3) is 0.600. The number of anilines is 2. The molecule has 0 saturated heterocycles. The van der Waals surface area contributed by atoms with Gasteiger partial charge < -0.3 is 11.1 Å². The largest absolute Gasteiger partial charge is 0.389 e. The van der Waals surface area contributed by atoms with Gasteiger partial charge in [0.1, 0.15) is 5.00 Å². The smallest absolute Gasteiger partial charge is 0.225 e. The molecule has 4 nitrogen and oxygen atoms in total. The van der Waals surface area contributed by atoms with Crippen molar-refractivity contribution < 1.29 is 4.79 Å². The van der Waals surface area contributed by atoms with Crippen LogP contribution in [0.3, 0.4) is 0 Å². The minimum absolute atomic E-state index is 0.0378. The molecular weight excluding hydrogens is 210 g/mol. The Balaban J connectivity index is 2.91. The summed E-state index contributed by atoms with van der Waals surface area (Å²) in [6.07, 6.45) is 0.449. The van der Waals surface area contributed by atoms with Crippen LogP contribution >= 0.6 is 11.3 Å². The van der Waals surface area contributed by atoms with E-state index in [9.17, 15) is 4.79 Å². The van der Waals surface area contributed by atoms with Gasteiger partial charge in [-0.2, -0.15) is 0 Å². The fourth-order valence-electron chi connectivity index (χ4n) is 1.13. The molecule has 1 amide bonds. The van der Waals surface area contributed by atoms with Crippen LogP contribution in [0.1, 0.15) is 39.8 Å². The molecule has 3 N–H and O–H groups in total. The van der Waals surface area contributed by atoms with E-state index in [0.29, 0.717) is 16.6 Å². The van der Waals surface area contributed by atoms with Gasteiger partial charge >= 0.3 is 0 Å². The van der Waals surface area contributed by atoms with E-state index in [0.717, 1.165) is 5.69 Å². The first-order chi connectivity index (χ1) is 6.84. The summed E-state index contributed by atoms with van der Waals surface area (Å²) in [5.41, 5.74) is 6.61. The number of nitrogens with zero attached hydrogens (tertiary/aromatic N) is 1. The van der Waals surface area contributed by atoms with Gasteiger partial charge in [-0.25, -0.2) is 4.98 Å². The molecule has 15 heavy (non-hydrogen) atoms. The maximum Gasteiger partial charge on any atom is 0.225 e. The molecular formula is C10H17N3OS. The van der Waals surface area contributed by atoms with E-state index in [-0.39, 0.29) is 11.3 Å². The normalized spacial score (nSPS) is 11.5. The molecule has 0 radical (unpaired) electrons. The molecule has 0 bridgehead atoms. The van der Waals surface area contributed by atoms with Gasteiger partial charge in [-0.3, -0.25) is 4.79 Å². The molecule has 84 valence electrons. The maximum atomic E-state index is 11.2. The lowest BCUT2D eigenvalue weighted by Crippen LogP contribution is -2.14. The second-order valence-electron chi connectivity index (χ2n) is 4.38. The first kappa shape index (κ1) is 12.0. The van der Waals surface area contributed by atoms with E-state index in [4.69, 9.17) is 5.73 Å². The van der Waals surface area contributed by atoms with Crippen molar-refractivity contribution in [3.05, 3.63) is 5.69 Å². The molecule has 1 rings (SSSR count). The minimum Gasteiger partial charge on any atom is -0.389 e. The van der Waals surface area contributed by atoms with Crippen LogP contribution in [-0.2, 0) is 10.2 Å². The molecule has 0 aliphatic heterocycles. The van der Waals surface area contributed by atoms with Gasteiger partial charge in [-0.1, -0.05) is 39.0 Å². The number of hydrogen-bond donors (Lipinski definition) is 2. The van der Waals surface area contributed by atoms with E-state index < -0.39 is 0 Å². The van der Waals surface area contributed by atoms with Crippen LogP contribution in [0.4, 0.5) is 10.1 Å². The van der Waals surface area contributed by atoms with E-state index in [1.165, 1.54) is 11.3 Å². The van der Waals surface area contributed by atoms with Gasteiger partial charge in [0.05, 0.1) is 5.69 Å². The minimum atomic E-state index is -0.0875. The number of hydrogen-bond acceptors (Lipinski definition) is 4. The predicted molar refractivity (Wildman–Crippen MR) is 64.1 cm³/mol. The topological polar surface area (TPSA) is 68.0 Å². The number of nitrogens with two attached hydrogens (primary N) is 1. The molecule has 0 unspecified atom stereocenters. The number of carbonyl (C=O) groups excluding carboxylic acids is 1. The molecule has 0 spiro atoms. The van der Waals surface area contributed by atoms with Crippen LogP contribution in [-0.4, -0.2) is 10.9 Å². The lowest BCUT2D eigenvalue weighted by atomic mass is 9.93. The number of aromatic nitrogens is 1. The second kappa shape index (κ2) is 4.18. The summed E-state index contributed by atoms with van der Waals surface area (Å²) in [6.45, 7) is 7.94. The number of rotatable bonds is 2. The number of amides is 1. The third kappa shape index (κ3) is 2.92. The number of nitrogen functional groups attached to an aromatic ring is 1. The summed E-state index contributed by atoms with van der Waals surface area (Å²) < 4.78 is 0. The summed E-state index contributed by atoms with van der Waals surface area (Å²) >= 11 is 1.32. The molecule has 0 aliphatic carbocycles. The van der Waals surface area contributed by atoms with Crippen molar-refractivity contribution in [1.29, 1.82) is 0 Å². The maximum absolute atomic E-state index is 11.2. The average Bonchev–Trinajstić information content (AvgIpc) is 2.45. The van der Waals surface area contributed by atoms with Crippen LogP contribution in [0.5, 0.6) is 0 Å². The van der Waals surface area contributed by atoms with Gasteiger partial charge in [-0.15, -0.1) is 0 Å². The first-order valence-corrected chi connectivity index (χ1v) is 5.73. The van der Waals surface area contributed by atoms with E-state index in [1.54, 1.807) is 6.92 Å². The van der Waals surface area contributed by atoms with Gasteiger partial charge in [0.15, 0.2) is 5.13 Å². The highest BCUT2D eigenvalue weighted by molar-refractivity contribution is 7.19. The van der Waals surface area contributed by atoms with E-state index >= 15 is 0 Å². The summed E-state index contributed by atoms with van der Waals surface area (Å²) in [6, 6.07) is 0. The zero-order valence-corrected chi connectivity index (χ0v) is 10.4. The third-order valence-corrected chi connectivity index (χ3v) is 2.73. The van der Waals surface area contributed by atoms with Crippen molar-refractivity contribution in [1.82, 2.24) is 4.98 Å². The molecule has 5 heteroatoms. The lowest BCUT2D eigenvalue weighted by molar-refractivity contribution is -0.115. The number of nitrogens with one attached hydrogen (secondary N) is 1. The second-order valence-corrected chi connectivity index (χ2v) is 5.41. The van der Waals surface area contributed by atoms with Crippen molar-refractivity contribution in [2.45, 2.75) is 39.5 Å². The highest BCUT2D eigenvalue weighted by atomic mass is 32.1. The van der Waals surface area contributed by atoms with E-state index in [2.05, 4.69) is 10.3 Å². The molecule has 1 aromatic heterocycles. The van der Waals surface area contributed by atoms with Crippen molar-refractivity contribution >= 4 is 27.4 Å². The molecule has 0 atom stereocenters. The molecule has 0 aliphatic rings. The Morgan fingerprint density at radius 2 is 2.13 bits per heavy atom. The van der Waals surface area contributed by atoms with Gasteiger partial charge in [0.2, 0.25) is 5.91 Å². The molecule has 0 aromatic carbocycles. The zero-order valence-electron chi connectivity index (χ0n) is 9.55. The highest BCUT2D eigenvalue weighted by Crippen LogP contribution is 2.33. The van der Waals surface area contributed by atoms with Crippen molar-refractivity contribution in [3.63, 3.8) is 0 Å². The highest BCUT2D eigenvalue weighted by Gasteiger charge is 2.22. The van der Waals surface area contributed by atoms with Crippen LogP contribution in [0.15, 0.2) is 0 Å². The summed E-state index contributed by atoms with van der Waals surface area (Å²) in [5.74, 6) is -0.0378. The van der Waals surface area contributed by atoms with Crippen LogP contribution in [0, 0.1) is 0 Å². The van der Waals surface area contributed by atoms with Gasteiger partial charge in [0.25, 0.3) is 0 Å². The Kier molecular flexibility index (Phi) is 3.34. The average molecular weight is 227 g/mol. The molecule has 0 fully saturated rings. The third-order valence-electron chi connectivity index (χ3n) is 1.93. The summed E-state index contributed by atoms with van der Waals surface area (Å²) in [4.78, 5) is 15.5. The van der Waals surface area contributed by atoms with Crippen LogP contribution < -0.4 is 11.1 Å². The fourth-order valence-corrected chi connectivity index (χ4v) is 2.09. The van der Waals surface area contributed by atoms with Crippen LogP contribution in [0.2, 0.25) is 0 Å². The van der Waals surface area contributed by atoms with Gasteiger partial charge in [-0.05, 0) is 0 Å². The van der Waals surface area contributed by atoms with Crippen molar-refractivity contribution in [3.8, 4) is 0 Å². The lowest BCUT2D eigenvalue weighted by Gasteiger charge is -2.15. The Labute approximate surface area is 93.9 Å². The summed E-state index contributed by atoms with van der Waals surface area (Å²) in [7, 11) is 0. The Morgan fingerprint density at radius 3 is 2.53 bits per heavy atom. The van der Waals surface area contributed by atoms with Gasteiger partial charge in [0, 0.05) is 11.8 Å². The Hall–Kier alpha value is -1.10. The molecule has 1 aromatic rings. The predicted octanol–water partition coefficient (Wildman–Crippen LogP) is 2.37. The Morgan fingerprint density at radius 1 is 1.53 bits per heavy atom. The van der Waals surface area contributed by atoms with Crippen molar-refractivity contribution in [2.75, 3.05) is 11.1 Å². The van der Waals surface area contributed by atoms with E-state index in [1.807, 2.05) is 20.8 Å². The first-order valence-electron chi connectivity index (χ1n) is 4.91. The standard InChI is InChI=1S/C10H17N3OS/c1-5-6(14)12-9-13-7(8(11)15-9)10(2,3)4/h5,11H2,1-4H3,(H,12,13,14). The molecule has 1 heterocycles. The van der Waals surface area contributed by atoms with Crippen LogP contribution in [0.25, 0.3) is 0 Å². The quantitative estimate of drug-likeness (QED) is 0.815. The molecule has 0 saturated carbocycles. The summed E-state index contributed by atoms with van der Waals surface area (Å²) in [5, 5.41) is 3.98. The number of thiazole rings is 1.